The molecular formula is C13H28N4. The van der Waals surface area contributed by atoms with Gasteiger partial charge in [0.05, 0.1) is 0 Å². The first-order chi connectivity index (χ1) is 7.83. The zero-order chi connectivity index (χ0) is 13.1. The van der Waals surface area contributed by atoms with E-state index in [1.165, 1.54) is 12.8 Å². The van der Waals surface area contributed by atoms with Crippen molar-refractivity contribution in [1.29, 1.82) is 0 Å². The highest BCUT2D eigenvalue weighted by molar-refractivity contribution is 5.80. The van der Waals surface area contributed by atoms with Crippen LogP contribution in [0.25, 0.3) is 0 Å². The number of aliphatic imine (C=N–C) groups is 1. The van der Waals surface area contributed by atoms with Crippen LogP contribution in [-0.2, 0) is 0 Å². The molecule has 0 aromatic carbocycles. The topological polar surface area (TPSA) is 39.7 Å². The van der Waals surface area contributed by atoms with Gasteiger partial charge in [-0.05, 0) is 53.6 Å². The van der Waals surface area contributed by atoms with Crippen LogP contribution in [0.4, 0.5) is 0 Å². The van der Waals surface area contributed by atoms with E-state index in [1.807, 2.05) is 7.05 Å². The summed E-state index contributed by atoms with van der Waals surface area (Å²) in [6.45, 7) is 7.39. The summed E-state index contributed by atoms with van der Waals surface area (Å²) in [6.07, 6.45) is 2.74. The first-order valence-electron chi connectivity index (χ1n) is 6.49. The first kappa shape index (κ1) is 14.3. The minimum atomic E-state index is 0.0506. The third-order valence-corrected chi connectivity index (χ3v) is 3.03. The van der Waals surface area contributed by atoms with Gasteiger partial charge in [-0.15, -0.1) is 0 Å². The lowest BCUT2D eigenvalue weighted by Crippen LogP contribution is -2.51. The maximum Gasteiger partial charge on any atom is 0.191 e. The summed E-state index contributed by atoms with van der Waals surface area (Å²) >= 11 is 0. The smallest absolute Gasteiger partial charge is 0.191 e. The van der Waals surface area contributed by atoms with Crippen molar-refractivity contribution in [2.45, 2.75) is 45.2 Å². The molecule has 1 atom stereocenters. The van der Waals surface area contributed by atoms with Crippen molar-refractivity contribution in [2.24, 2.45) is 10.9 Å². The van der Waals surface area contributed by atoms with Gasteiger partial charge in [0.1, 0.15) is 0 Å². The fraction of sp³-hybridized carbons (Fsp3) is 0.923. The average molecular weight is 240 g/mol. The van der Waals surface area contributed by atoms with Crippen LogP contribution in [0.1, 0.15) is 33.6 Å². The van der Waals surface area contributed by atoms with Crippen LogP contribution in [0.5, 0.6) is 0 Å². The van der Waals surface area contributed by atoms with Crippen molar-refractivity contribution in [3.63, 3.8) is 0 Å². The summed E-state index contributed by atoms with van der Waals surface area (Å²) in [5.41, 5.74) is 0.0506. The Bertz CT molecular complexity index is 259. The molecule has 4 nitrogen and oxygen atoms in total. The maximum absolute atomic E-state index is 4.26. The number of nitrogens with one attached hydrogen (secondary N) is 2. The zero-order valence-corrected chi connectivity index (χ0v) is 12.2. The number of hydrogen-bond donors (Lipinski definition) is 2. The van der Waals surface area contributed by atoms with Crippen LogP contribution in [0.15, 0.2) is 4.99 Å². The fourth-order valence-electron chi connectivity index (χ4n) is 1.99. The third kappa shape index (κ3) is 5.39. The summed E-state index contributed by atoms with van der Waals surface area (Å²) in [5, 5.41) is 6.81. The molecule has 0 bridgehead atoms. The number of likely N-dealkylation sites (N-methyl/N-ethyl adjacent to an activating group) is 1. The highest BCUT2D eigenvalue weighted by Crippen LogP contribution is 2.34. The minimum Gasteiger partial charge on any atom is -0.355 e. The molecule has 0 amide bonds. The molecular weight excluding hydrogens is 212 g/mol. The van der Waals surface area contributed by atoms with E-state index in [-0.39, 0.29) is 5.54 Å². The van der Waals surface area contributed by atoms with Crippen molar-refractivity contribution in [3.8, 4) is 0 Å². The van der Waals surface area contributed by atoms with Crippen molar-refractivity contribution in [3.05, 3.63) is 0 Å². The van der Waals surface area contributed by atoms with Crippen LogP contribution in [0.3, 0.4) is 0 Å². The lowest BCUT2D eigenvalue weighted by atomic mass is 10.1. The van der Waals surface area contributed by atoms with E-state index in [0.29, 0.717) is 6.04 Å². The fourth-order valence-corrected chi connectivity index (χ4v) is 1.99. The quantitative estimate of drug-likeness (QED) is 0.574. The Morgan fingerprint density at radius 3 is 2.29 bits per heavy atom. The molecule has 0 spiro atoms. The molecule has 0 heterocycles. The highest BCUT2D eigenvalue weighted by atomic mass is 15.2. The third-order valence-electron chi connectivity index (χ3n) is 3.03. The summed E-state index contributed by atoms with van der Waals surface area (Å²) in [4.78, 5) is 6.57. The predicted molar refractivity (Wildman–Crippen MR) is 74.4 cm³/mol. The lowest BCUT2D eigenvalue weighted by Gasteiger charge is -2.28. The van der Waals surface area contributed by atoms with Crippen molar-refractivity contribution in [1.82, 2.24) is 15.5 Å². The molecule has 100 valence electrons. The first-order valence-corrected chi connectivity index (χ1v) is 6.49. The molecule has 0 aliphatic heterocycles. The van der Waals surface area contributed by atoms with Crippen LogP contribution >= 0.6 is 0 Å². The van der Waals surface area contributed by atoms with Gasteiger partial charge in [-0.25, -0.2) is 0 Å². The average Bonchev–Trinajstić information content (AvgIpc) is 2.98. The largest absolute Gasteiger partial charge is 0.355 e. The SMILES string of the molecule is CN=C(NCC(C1CC1)N(C)C)NC(C)(C)C. The number of guanidine groups is 1. The number of nitrogens with zero attached hydrogens (tertiary/aromatic N) is 2. The van der Waals surface area contributed by atoms with Gasteiger partial charge < -0.3 is 15.5 Å². The van der Waals surface area contributed by atoms with Gasteiger partial charge in [0.15, 0.2) is 5.96 Å². The van der Waals surface area contributed by atoms with Gasteiger partial charge in [-0.3, -0.25) is 4.99 Å². The number of rotatable bonds is 4. The molecule has 1 fully saturated rings. The second-order valence-corrected chi connectivity index (χ2v) is 6.20. The summed E-state index contributed by atoms with van der Waals surface area (Å²) in [5.74, 6) is 1.76. The van der Waals surface area contributed by atoms with Crippen LogP contribution < -0.4 is 10.6 Å². The second kappa shape index (κ2) is 5.71. The Balaban J connectivity index is 2.41. The predicted octanol–water partition coefficient (Wildman–Crippen LogP) is 1.29. The van der Waals surface area contributed by atoms with Gasteiger partial charge in [0.25, 0.3) is 0 Å². The van der Waals surface area contributed by atoms with Gasteiger partial charge in [0.2, 0.25) is 0 Å². The van der Waals surface area contributed by atoms with Crippen LogP contribution in [0.2, 0.25) is 0 Å². The van der Waals surface area contributed by atoms with Crippen molar-refractivity contribution < 1.29 is 0 Å². The van der Waals surface area contributed by atoms with Gasteiger partial charge in [0, 0.05) is 25.2 Å². The summed E-state index contributed by atoms with van der Waals surface area (Å²) < 4.78 is 0. The molecule has 4 heteroatoms. The Kier molecular flexibility index (Phi) is 4.80. The summed E-state index contributed by atoms with van der Waals surface area (Å²) in [7, 11) is 6.14. The lowest BCUT2D eigenvalue weighted by molar-refractivity contribution is 0.263. The monoisotopic (exact) mass is 240 g/mol. The van der Waals surface area contributed by atoms with E-state index in [1.54, 1.807) is 0 Å². The van der Waals surface area contributed by atoms with E-state index in [4.69, 9.17) is 0 Å². The molecule has 0 saturated heterocycles. The van der Waals surface area contributed by atoms with Gasteiger partial charge in [-0.2, -0.15) is 0 Å². The Morgan fingerprint density at radius 1 is 1.35 bits per heavy atom. The van der Waals surface area contributed by atoms with Gasteiger partial charge in [-0.1, -0.05) is 0 Å². The standard InChI is InChI=1S/C13H28N4/c1-13(2,3)16-12(14-4)15-9-11(17(5)6)10-7-8-10/h10-11H,7-9H2,1-6H3,(H2,14,15,16). The zero-order valence-electron chi connectivity index (χ0n) is 12.2. The molecule has 0 aromatic heterocycles. The highest BCUT2D eigenvalue weighted by Gasteiger charge is 2.32. The van der Waals surface area contributed by atoms with E-state index in [9.17, 15) is 0 Å². The molecule has 1 saturated carbocycles. The molecule has 17 heavy (non-hydrogen) atoms. The minimum absolute atomic E-state index is 0.0506. The van der Waals surface area contributed by atoms with Crippen LogP contribution in [0, 0.1) is 5.92 Å². The van der Waals surface area contributed by atoms with E-state index in [0.717, 1.165) is 18.4 Å². The molecule has 1 unspecified atom stereocenters. The molecule has 1 aliphatic rings. The Labute approximate surface area is 106 Å². The van der Waals surface area contributed by atoms with Gasteiger partial charge >= 0.3 is 0 Å². The molecule has 0 radical (unpaired) electrons. The van der Waals surface area contributed by atoms with E-state index in [2.05, 4.69) is 55.4 Å². The molecule has 2 N–H and O–H groups in total. The van der Waals surface area contributed by atoms with E-state index < -0.39 is 0 Å². The van der Waals surface area contributed by atoms with Crippen molar-refractivity contribution in [2.75, 3.05) is 27.7 Å². The molecule has 1 aliphatic carbocycles. The second-order valence-electron chi connectivity index (χ2n) is 6.20. The van der Waals surface area contributed by atoms with Crippen molar-refractivity contribution >= 4 is 5.96 Å². The summed E-state index contributed by atoms with van der Waals surface area (Å²) in [6, 6.07) is 0.619. The molecule has 1 rings (SSSR count). The van der Waals surface area contributed by atoms with Crippen LogP contribution in [-0.4, -0.2) is 50.1 Å². The molecule has 0 aromatic rings. The normalized spacial score (nSPS) is 19.4. The number of hydrogen-bond acceptors (Lipinski definition) is 2. The maximum atomic E-state index is 4.26. The van der Waals surface area contributed by atoms with E-state index >= 15 is 0 Å². The Hall–Kier alpha value is -0.770. The Morgan fingerprint density at radius 2 is 1.94 bits per heavy atom.